The van der Waals surface area contributed by atoms with Gasteiger partial charge in [0.2, 0.25) is 5.96 Å². The van der Waals surface area contributed by atoms with Gasteiger partial charge in [0.1, 0.15) is 5.69 Å². The van der Waals surface area contributed by atoms with Gasteiger partial charge in [0.15, 0.2) is 10.3 Å². The molecule has 0 aromatic carbocycles. The zero-order valence-electron chi connectivity index (χ0n) is 8.13. The molecule has 2 rings (SSSR count). The molecule has 0 atom stereocenters. The van der Waals surface area contributed by atoms with E-state index in [0.717, 1.165) is 23.1 Å². The smallest absolute Gasteiger partial charge is 0.211 e. The van der Waals surface area contributed by atoms with Crippen LogP contribution < -0.4 is 11.5 Å². The van der Waals surface area contributed by atoms with E-state index in [1.807, 2.05) is 4.57 Å². The van der Waals surface area contributed by atoms with Crippen molar-refractivity contribution in [3.8, 4) is 0 Å². The van der Waals surface area contributed by atoms with E-state index >= 15 is 0 Å². The number of nitrogens with two attached hydrogens (primary N) is 2. The van der Waals surface area contributed by atoms with E-state index in [-0.39, 0.29) is 18.4 Å². The standard InChI is InChI=1S/C7H9ClN6S.ClH/c8-5-4(3-11-13-6(9)10)14-1-2-15-7(14)12-5;/h3H,1-2H2,(H4,9,10,13);1H/b11-3+;. The molecule has 6 nitrogen and oxygen atoms in total. The summed E-state index contributed by atoms with van der Waals surface area (Å²) in [6.07, 6.45) is 1.50. The maximum Gasteiger partial charge on any atom is 0.211 e. The SMILES string of the molecule is Cl.NC(N)=N/N=C/c1c(Cl)nc2n1CCS2. The number of nitrogens with zero attached hydrogens (tertiary/aromatic N) is 4. The minimum absolute atomic E-state index is 0. The Bertz CT molecular complexity index is 436. The number of aromatic nitrogens is 2. The van der Waals surface area contributed by atoms with Crippen LogP contribution in [-0.2, 0) is 6.54 Å². The molecule has 1 aromatic rings. The maximum absolute atomic E-state index is 5.93. The van der Waals surface area contributed by atoms with Crippen molar-refractivity contribution in [2.24, 2.45) is 21.7 Å². The molecule has 0 unspecified atom stereocenters. The molecule has 16 heavy (non-hydrogen) atoms. The van der Waals surface area contributed by atoms with Crippen LogP contribution in [0.25, 0.3) is 0 Å². The van der Waals surface area contributed by atoms with Gasteiger partial charge < -0.3 is 16.0 Å². The molecular formula is C7H10Cl2N6S. The third-order valence-electron chi connectivity index (χ3n) is 1.83. The van der Waals surface area contributed by atoms with Crippen LogP contribution in [0.3, 0.4) is 0 Å². The van der Waals surface area contributed by atoms with Crippen LogP contribution in [-0.4, -0.2) is 27.5 Å². The van der Waals surface area contributed by atoms with Crippen molar-refractivity contribution in [1.29, 1.82) is 0 Å². The Kier molecular flexibility index (Phi) is 4.45. The topological polar surface area (TPSA) is 94.6 Å². The van der Waals surface area contributed by atoms with Crippen LogP contribution in [0.4, 0.5) is 0 Å². The summed E-state index contributed by atoms with van der Waals surface area (Å²) in [5.41, 5.74) is 11.0. The molecule has 0 bridgehead atoms. The van der Waals surface area contributed by atoms with Crippen molar-refractivity contribution in [3.05, 3.63) is 10.8 Å². The van der Waals surface area contributed by atoms with E-state index in [9.17, 15) is 0 Å². The third-order valence-corrected chi connectivity index (χ3v) is 3.06. The van der Waals surface area contributed by atoms with Crippen LogP contribution in [0.15, 0.2) is 15.4 Å². The lowest BCUT2D eigenvalue weighted by Crippen LogP contribution is -2.21. The molecule has 4 N–H and O–H groups in total. The second kappa shape index (κ2) is 5.42. The molecule has 1 aromatic heterocycles. The Morgan fingerprint density at radius 3 is 3.00 bits per heavy atom. The van der Waals surface area contributed by atoms with E-state index in [0.29, 0.717) is 5.15 Å². The van der Waals surface area contributed by atoms with Gasteiger partial charge in [-0.1, -0.05) is 23.4 Å². The summed E-state index contributed by atoms with van der Waals surface area (Å²) in [5, 5.41) is 8.54. The molecule has 0 spiro atoms. The van der Waals surface area contributed by atoms with Crippen LogP contribution in [0.1, 0.15) is 5.69 Å². The van der Waals surface area contributed by atoms with Crippen LogP contribution in [0.5, 0.6) is 0 Å². The van der Waals surface area contributed by atoms with Gasteiger partial charge in [-0.2, -0.15) is 5.10 Å². The zero-order valence-corrected chi connectivity index (χ0v) is 10.5. The van der Waals surface area contributed by atoms with E-state index in [2.05, 4.69) is 15.2 Å². The van der Waals surface area contributed by atoms with Crippen molar-refractivity contribution >= 4 is 47.9 Å². The Balaban J connectivity index is 0.00000128. The first-order valence-electron chi connectivity index (χ1n) is 4.19. The Hall–Kier alpha value is -0.920. The van der Waals surface area contributed by atoms with Gasteiger partial charge in [0, 0.05) is 12.3 Å². The molecule has 0 aliphatic carbocycles. The quantitative estimate of drug-likeness (QED) is 0.473. The predicted molar refractivity (Wildman–Crippen MR) is 68.6 cm³/mol. The average Bonchev–Trinajstić information content (AvgIpc) is 2.68. The number of rotatable bonds is 2. The second-order valence-electron chi connectivity index (χ2n) is 2.84. The average molecular weight is 281 g/mol. The summed E-state index contributed by atoms with van der Waals surface area (Å²) in [7, 11) is 0. The molecule has 0 amide bonds. The second-order valence-corrected chi connectivity index (χ2v) is 4.26. The van der Waals surface area contributed by atoms with E-state index in [4.69, 9.17) is 23.1 Å². The number of thioether (sulfide) groups is 1. The van der Waals surface area contributed by atoms with Crippen LogP contribution >= 0.6 is 35.8 Å². The van der Waals surface area contributed by atoms with Gasteiger partial charge in [-0.05, 0) is 0 Å². The molecule has 88 valence electrons. The predicted octanol–water partition coefficient (Wildman–Crippen LogP) is 0.671. The van der Waals surface area contributed by atoms with Gasteiger partial charge in [-0.15, -0.1) is 17.5 Å². The normalized spacial score (nSPS) is 13.6. The lowest BCUT2D eigenvalue weighted by Gasteiger charge is -1.96. The first-order valence-corrected chi connectivity index (χ1v) is 5.55. The number of imidazole rings is 1. The number of fused-ring (bicyclic) bond motifs is 1. The molecule has 0 saturated carbocycles. The van der Waals surface area contributed by atoms with Crippen molar-refractivity contribution in [1.82, 2.24) is 9.55 Å². The summed E-state index contributed by atoms with van der Waals surface area (Å²) in [6.45, 7) is 0.878. The lowest BCUT2D eigenvalue weighted by atomic mass is 10.5. The first-order chi connectivity index (χ1) is 7.18. The van der Waals surface area contributed by atoms with Gasteiger partial charge in [-0.3, -0.25) is 0 Å². The van der Waals surface area contributed by atoms with Crippen molar-refractivity contribution in [2.75, 3.05) is 5.75 Å². The Morgan fingerprint density at radius 1 is 1.56 bits per heavy atom. The molecular weight excluding hydrogens is 271 g/mol. The molecule has 1 aliphatic heterocycles. The summed E-state index contributed by atoms with van der Waals surface area (Å²) in [4.78, 5) is 4.18. The molecule has 9 heteroatoms. The summed E-state index contributed by atoms with van der Waals surface area (Å²) in [6, 6.07) is 0. The van der Waals surface area contributed by atoms with Crippen molar-refractivity contribution in [3.63, 3.8) is 0 Å². The molecule has 0 radical (unpaired) electrons. The highest BCUT2D eigenvalue weighted by Gasteiger charge is 2.19. The van der Waals surface area contributed by atoms with Crippen LogP contribution in [0, 0.1) is 0 Å². The highest BCUT2D eigenvalue weighted by Crippen LogP contribution is 2.29. The zero-order chi connectivity index (χ0) is 10.8. The number of hydrogen-bond donors (Lipinski definition) is 2. The maximum atomic E-state index is 5.93. The largest absolute Gasteiger partial charge is 0.369 e. The van der Waals surface area contributed by atoms with Gasteiger partial charge in [-0.25, -0.2) is 4.98 Å². The van der Waals surface area contributed by atoms with Gasteiger partial charge in [0.05, 0.1) is 6.21 Å². The molecule has 2 heterocycles. The Labute approximate surface area is 108 Å². The van der Waals surface area contributed by atoms with E-state index < -0.39 is 0 Å². The number of hydrogen-bond acceptors (Lipinski definition) is 4. The monoisotopic (exact) mass is 280 g/mol. The molecule has 0 saturated heterocycles. The summed E-state index contributed by atoms with van der Waals surface area (Å²) < 4.78 is 1.98. The lowest BCUT2D eigenvalue weighted by molar-refractivity contribution is 0.715. The summed E-state index contributed by atoms with van der Waals surface area (Å²) >= 11 is 7.59. The summed E-state index contributed by atoms with van der Waals surface area (Å²) in [5.74, 6) is 0.917. The minimum atomic E-state index is -0.0853. The highest BCUT2D eigenvalue weighted by atomic mass is 35.5. The third kappa shape index (κ3) is 2.60. The fraction of sp³-hybridized carbons (Fsp3) is 0.286. The Morgan fingerprint density at radius 2 is 2.31 bits per heavy atom. The highest BCUT2D eigenvalue weighted by molar-refractivity contribution is 7.99. The van der Waals surface area contributed by atoms with Crippen molar-refractivity contribution in [2.45, 2.75) is 11.7 Å². The number of guanidine groups is 1. The van der Waals surface area contributed by atoms with E-state index in [1.54, 1.807) is 11.8 Å². The van der Waals surface area contributed by atoms with E-state index in [1.165, 1.54) is 6.21 Å². The first kappa shape index (κ1) is 13.1. The fourth-order valence-corrected chi connectivity index (χ4v) is 2.48. The number of halogens is 2. The van der Waals surface area contributed by atoms with Crippen molar-refractivity contribution < 1.29 is 0 Å². The van der Waals surface area contributed by atoms with Crippen LogP contribution in [0.2, 0.25) is 5.15 Å². The fourth-order valence-electron chi connectivity index (χ4n) is 1.24. The van der Waals surface area contributed by atoms with Gasteiger partial charge >= 0.3 is 0 Å². The van der Waals surface area contributed by atoms with Gasteiger partial charge in [0.25, 0.3) is 0 Å². The minimum Gasteiger partial charge on any atom is -0.369 e. The molecule has 0 fully saturated rings. The molecule has 1 aliphatic rings.